The van der Waals surface area contributed by atoms with Crippen LogP contribution in [-0.2, 0) is 22.5 Å². The number of rotatable bonds is 3. The molecule has 7 heteroatoms. The van der Waals surface area contributed by atoms with Crippen molar-refractivity contribution in [3.63, 3.8) is 0 Å². The quantitative estimate of drug-likeness (QED) is 0.464. The number of benzene rings is 2. The van der Waals surface area contributed by atoms with E-state index in [0.717, 1.165) is 21.3 Å². The van der Waals surface area contributed by atoms with Gasteiger partial charge in [0.15, 0.2) is 16.5 Å². The Bertz CT molecular complexity index is 1230. The van der Waals surface area contributed by atoms with Crippen molar-refractivity contribution in [2.75, 3.05) is 7.11 Å². The Labute approximate surface area is 176 Å². The molecule has 0 aliphatic carbocycles. The van der Waals surface area contributed by atoms with E-state index in [1.54, 1.807) is 12.1 Å². The van der Waals surface area contributed by atoms with E-state index >= 15 is 0 Å². The van der Waals surface area contributed by atoms with Crippen molar-refractivity contribution in [2.45, 2.75) is 19.0 Å². The second-order valence-corrected chi connectivity index (χ2v) is 8.13. The highest BCUT2D eigenvalue weighted by Crippen LogP contribution is 2.32. The molecule has 0 saturated heterocycles. The zero-order valence-electron chi connectivity index (χ0n) is 16.2. The molecule has 6 nitrogen and oxygen atoms in total. The minimum absolute atomic E-state index is 0.178. The minimum Gasteiger partial charge on any atom is -0.467 e. The molecule has 1 amide bonds. The fraction of sp³-hybridized carbons (Fsp3) is 0.174. The van der Waals surface area contributed by atoms with Crippen LogP contribution in [0.3, 0.4) is 0 Å². The molecule has 0 radical (unpaired) electrons. The first-order valence-electron chi connectivity index (χ1n) is 9.55. The van der Waals surface area contributed by atoms with Gasteiger partial charge in [-0.2, -0.15) is 0 Å². The summed E-state index contributed by atoms with van der Waals surface area (Å²) in [6.07, 6.45) is 0.417. The van der Waals surface area contributed by atoms with Gasteiger partial charge in [-0.1, -0.05) is 36.4 Å². The van der Waals surface area contributed by atoms with Crippen molar-refractivity contribution in [1.29, 1.82) is 0 Å². The number of esters is 1. The molecule has 2 aromatic carbocycles. The lowest BCUT2D eigenvalue weighted by molar-refractivity contribution is -0.146. The van der Waals surface area contributed by atoms with Gasteiger partial charge in [-0.3, -0.25) is 4.79 Å². The van der Waals surface area contributed by atoms with Crippen molar-refractivity contribution in [3.8, 4) is 10.8 Å². The molecule has 2 aromatic heterocycles. The van der Waals surface area contributed by atoms with Gasteiger partial charge in [0.05, 0.1) is 17.3 Å². The number of hydrogen-bond acceptors (Lipinski definition) is 6. The molecule has 0 N–H and O–H groups in total. The number of hydrogen-bond donors (Lipinski definition) is 0. The number of methoxy groups -OCH3 is 1. The Kier molecular flexibility index (Phi) is 4.59. The van der Waals surface area contributed by atoms with Crippen LogP contribution in [0.15, 0.2) is 65.1 Å². The number of para-hydroxylation sites is 1. The molecule has 1 aliphatic rings. The van der Waals surface area contributed by atoms with Crippen LogP contribution in [0.2, 0.25) is 0 Å². The maximum absolute atomic E-state index is 13.3. The fourth-order valence-corrected chi connectivity index (χ4v) is 4.70. The molecule has 5 rings (SSSR count). The van der Waals surface area contributed by atoms with E-state index in [1.165, 1.54) is 23.3 Å². The van der Waals surface area contributed by atoms with Crippen molar-refractivity contribution in [1.82, 2.24) is 9.88 Å². The van der Waals surface area contributed by atoms with E-state index in [1.807, 2.05) is 48.5 Å². The van der Waals surface area contributed by atoms with Crippen LogP contribution in [0, 0.1) is 0 Å². The third-order valence-electron chi connectivity index (χ3n) is 5.30. The van der Waals surface area contributed by atoms with Gasteiger partial charge in [0.25, 0.3) is 5.91 Å². The van der Waals surface area contributed by atoms with E-state index in [2.05, 4.69) is 4.98 Å². The molecule has 0 saturated carbocycles. The summed E-state index contributed by atoms with van der Waals surface area (Å²) in [6, 6.07) is 18.3. The molecule has 1 atom stereocenters. The summed E-state index contributed by atoms with van der Waals surface area (Å²) in [6.45, 7) is 0.325. The summed E-state index contributed by atoms with van der Waals surface area (Å²) in [5.74, 6) is -0.0628. The largest absolute Gasteiger partial charge is 0.467 e. The standard InChI is InChI=1S/C23H18N2O4S/c1-28-23(27)17-12-14-6-2-3-7-15(14)13-25(17)22(26)19-11-10-18(29-19)21-24-16-8-4-5-9-20(16)30-21/h2-11,17H,12-13H2,1H3. The molecular weight excluding hydrogens is 400 g/mol. The minimum atomic E-state index is -0.687. The molecule has 150 valence electrons. The first-order chi connectivity index (χ1) is 14.6. The van der Waals surface area contributed by atoms with Crippen LogP contribution in [0.1, 0.15) is 21.7 Å². The van der Waals surface area contributed by atoms with Gasteiger partial charge < -0.3 is 14.1 Å². The van der Waals surface area contributed by atoms with Crippen LogP contribution < -0.4 is 0 Å². The van der Waals surface area contributed by atoms with Gasteiger partial charge in [0.1, 0.15) is 6.04 Å². The van der Waals surface area contributed by atoms with Crippen LogP contribution in [-0.4, -0.2) is 34.9 Å². The summed E-state index contributed by atoms with van der Waals surface area (Å²) < 4.78 is 11.9. The Balaban J connectivity index is 1.46. The third-order valence-corrected chi connectivity index (χ3v) is 6.36. The molecular formula is C23H18N2O4S. The van der Waals surface area contributed by atoms with Crippen LogP contribution in [0.4, 0.5) is 0 Å². The van der Waals surface area contributed by atoms with Gasteiger partial charge in [0.2, 0.25) is 0 Å². The number of ether oxygens (including phenoxy) is 1. The maximum Gasteiger partial charge on any atom is 0.328 e. The predicted octanol–water partition coefficient (Wildman–Crippen LogP) is 4.30. The zero-order chi connectivity index (χ0) is 20.7. The maximum atomic E-state index is 13.3. The lowest BCUT2D eigenvalue weighted by Gasteiger charge is -2.34. The first-order valence-corrected chi connectivity index (χ1v) is 10.4. The Morgan fingerprint density at radius 3 is 2.63 bits per heavy atom. The summed E-state index contributed by atoms with van der Waals surface area (Å²) in [7, 11) is 1.34. The molecule has 3 heterocycles. The number of aromatic nitrogens is 1. The first kappa shape index (κ1) is 18.6. The Hall–Kier alpha value is -3.45. The topological polar surface area (TPSA) is 72.6 Å². The second kappa shape index (κ2) is 7.42. The summed E-state index contributed by atoms with van der Waals surface area (Å²) in [4.78, 5) is 31.8. The number of amides is 1. The fourth-order valence-electron chi connectivity index (χ4n) is 3.77. The lowest BCUT2D eigenvalue weighted by Crippen LogP contribution is -2.49. The van der Waals surface area contributed by atoms with Crippen molar-refractivity contribution in [3.05, 3.63) is 77.6 Å². The van der Waals surface area contributed by atoms with Crippen molar-refractivity contribution in [2.24, 2.45) is 0 Å². The highest BCUT2D eigenvalue weighted by molar-refractivity contribution is 7.21. The van der Waals surface area contributed by atoms with E-state index in [4.69, 9.17) is 9.15 Å². The van der Waals surface area contributed by atoms with E-state index < -0.39 is 12.0 Å². The molecule has 1 unspecified atom stereocenters. The summed E-state index contributed by atoms with van der Waals surface area (Å²) in [5, 5.41) is 0.712. The Morgan fingerprint density at radius 1 is 1.07 bits per heavy atom. The monoisotopic (exact) mass is 418 g/mol. The molecule has 4 aromatic rings. The van der Waals surface area contributed by atoms with Gasteiger partial charge >= 0.3 is 5.97 Å². The van der Waals surface area contributed by atoms with Crippen molar-refractivity contribution < 1.29 is 18.7 Å². The Morgan fingerprint density at radius 2 is 1.83 bits per heavy atom. The average Bonchev–Trinajstić information content (AvgIpc) is 3.44. The lowest BCUT2D eigenvalue weighted by atomic mass is 9.93. The predicted molar refractivity (Wildman–Crippen MR) is 113 cm³/mol. The summed E-state index contributed by atoms with van der Waals surface area (Å²) >= 11 is 1.51. The number of carbonyl (C=O) groups excluding carboxylic acids is 2. The third kappa shape index (κ3) is 3.17. The number of fused-ring (bicyclic) bond motifs is 2. The van der Waals surface area contributed by atoms with Crippen LogP contribution >= 0.6 is 11.3 Å². The number of nitrogens with zero attached hydrogens (tertiary/aromatic N) is 2. The SMILES string of the molecule is COC(=O)C1Cc2ccccc2CN1C(=O)c1ccc(-c2nc3ccccc3s2)o1. The number of carbonyl (C=O) groups is 2. The number of thiazole rings is 1. The zero-order valence-corrected chi connectivity index (χ0v) is 17.0. The van der Waals surface area contributed by atoms with Crippen LogP contribution in [0.5, 0.6) is 0 Å². The smallest absolute Gasteiger partial charge is 0.328 e. The average molecular weight is 418 g/mol. The van der Waals surface area contributed by atoms with Crippen molar-refractivity contribution >= 4 is 33.4 Å². The summed E-state index contributed by atoms with van der Waals surface area (Å²) in [5.41, 5.74) is 2.95. The second-order valence-electron chi connectivity index (χ2n) is 7.10. The molecule has 0 fully saturated rings. The highest BCUT2D eigenvalue weighted by Gasteiger charge is 2.36. The molecule has 30 heavy (non-hydrogen) atoms. The van der Waals surface area contributed by atoms with E-state index in [0.29, 0.717) is 23.7 Å². The van der Waals surface area contributed by atoms with Gasteiger partial charge in [0, 0.05) is 13.0 Å². The molecule has 1 aliphatic heterocycles. The normalized spacial score (nSPS) is 15.8. The molecule has 0 bridgehead atoms. The van der Waals surface area contributed by atoms with Gasteiger partial charge in [-0.25, -0.2) is 9.78 Å². The van der Waals surface area contributed by atoms with E-state index in [9.17, 15) is 9.59 Å². The van der Waals surface area contributed by atoms with Gasteiger partial charge in [-0.15, -0.1) is 11.3 Å². The van der Waals surface area contributed by atoms with E-state index in [-0.39, 0.29) is 11.7 Å². The van der Waals surface area contributed by atoms with Crippen LogP contribution in [0.25, 0.3) is 21.0 Å². The number of furan rings is 1. The molecule has 0 spiro atoms. The van der Waals surface area contributed by atoms with Gasteiger partial charge in [-0.05, 0) is 35.4 Å². The highest BCUT2D eigenvalue weighted by atomic mass is 32.1.